The van der Waals surface area contributed by atoms with E-state index in [2.05, 4.69) is 10.00 Å². The van der Waals surface area contributed by atoms with Gasteiger partial charge in [-0.05, 0) is 68.4 Å². The third kappa shape index (κ3) is 5.20. The molecule has 1 aliphatic rings. The standard InChI is InChI=1S/C25H27ClN4O3/c1-3-33-22-10-4-19(5-11-22)23-12-13-24(31)30(27-23)18(2)25(32)29-16-14-28(15-17-29)21-8-6-20(26)7-9-21/h4-13,18H,3,14-17H2,1-2H3. The van der Waals surface area contributed by atoms with Gasteiger partial charge in [-0.25, -0.2) is 4.68 Å². The largest absolute Gasteiger partial charge is 0.494 e. The number of anilines is 1. The molecular formula is C25H27ClN4O3. The number of piperazine rings is 1. The second-order valence-electron chi connectivity index (χ2n) is 7.92. The van der Waals surface area contributed by atoms with Crippen LogP contribution in [-0.4, -0.2) is 53.4 Å². The molecule has 1 unspecified atom stereocenters. The van der Waals surface area contributed by atoms with Gasteiger partial charge in [-0.2, -0.15) is 5.10 Å². The summed E-state index contributed by atoms with van der Waals surface area (Å²) in [5.74, 6) is 0.667. The summed E-state index contributed by atoms with van der Waals surface area (Å²) in [4.78, 5) is 29.7. The summed E-state index contributed by atoms with van der Waals surface area (Å²) in [5.41, 5.74) is 2.26. The minimum absolute atomic E-state index is 0.107. The van der Waals surface area contributed by atoms with Gasteiger partial charge >= 0.3 is 0 Å². The molecule has 2 aromatic carbocycles. The van der Waals surface area contributed by atoms with Crippen molar-refractivity contribution in [2.75, 3.05) is 37.7 Å². The van der Waals surface area contributed by atoms with Crippen LogP contribution in [-0.2, 0) is 4.79 Å². The van der Waals surface area contributed by atoms with E-state index in [4.69, 9.17) is 16.3 Å². The quantitative estimate of drug-likeness (QED) is 0.551. The summed E-state index contributed by atoms with van der Waals surface area (Å²) in [5, 5.41) is 5.20. The molecule has 1 saturated heterocycles. The third-order valence-electron chi connectivity index (χ3n) is 5.79. The zero-order valence-electron chi connectivity index (χ0n) is 18.8. The molecule has 8 heteroatoms. The van der Waals surface area contributed by atoms with Gasteiger partial charge in [-0.1, -0.05) is 11.6 Å². The Kier molecular flexibility index (Phi) is 6.99. The summed E-state index contributed by atoms with van der Waals surface area (Å²) in [7, 11) is 0. The number of carbonyl (C=O) groups is 1. The number of ether oxygens (including phenoxy) is 1. The van der Waals surface area contributed by atoms with Crippen molar-refractivity contribution in [2.24, 2.45) is 0 Å². The van der Waals surface area contributed by atoms with Gasteiger partial charge in [0, 0.05) is 48.5 Å². The molecule has 0 N–H and O–H groups in total. The maximum atomic E-state index is 13.2. The summed E-state index contributed by atoms with van der Waals surface area (Å²) in [6.07, 6.45) is 0. The van der Waals surface area contributed by atoms with Crippen molar-refractivity contribution in [3.8, 4) is 17.0 Å². The van der Waals surface area contributed by atoms with E-state index in [9.17, 15) is 9.59 Å². The van der Waals surface area contributed by atoms with Crippen molar-refractivity contribution in [1.82, 2.24) is 14.7 Å². The van der Waals surface area contributed by atoms with Gasteiger partial charge in [-0.3, -0.25) is 9.59 Å². The van der Waals surface area contributed by atoms with Crippen LogP contribution in [0.25, 0.3) is 11.3 Å². The number of amides is 1. The zero-order valence-corrected chi connectivity index (χ0v) is 19.5. The Labute approximate surface area is 198 Å². The number of rotatable bonds is 6. The van der Waals surface area contributed by atoms with Gasteiger partial charge in [0.25, 0.3) is 5.56 Å². The average molecular weight is 467 g/mol. The molecule has 0 saturated carbocycles. The lowest BCUT2D eigenvalue weighted by molar-refractivity contribution is -0.135. The highest BCUT2D eigenvalue weighted by Crippen LogP contribution is 2.22. The SMILES string of the molecule is CCOc1ccc(-c2ccc(=O)n(C(C)C(=O)N3CCN(c4ccc(Cl)cc4)CC3)n2)cc1. The minimum atomic E-state index is -0.692. The number of hydrogen-bond donors (Lipinski definition) is 0. The molecule has 4 rings (SSSR count). The molecule has 0 aliphatic carbocycles. The fourth-order valence-electron chi connectivity index (χ4n) is 3.95. The highest BCUT2D eigenvalue weighted by molar-refractivity contribution is 6.30. The van der Waals surface area contributed by atoms with Crippen LogP contribution < -0.4 is 15.2 Å². The predicted molar refractivity (Wildman–Crippen MR) is 130 cm³/mol. The first-order chi connectivity index (χ1) is 16.0. The molecule has 0 spiro atoms. The van der Waals surface area contributed by atoms with E-state index in [1.807, 2.05) is 55.5 Å². The van der Waals surface area contributed by atoms with Gasteiger partial charge in [0.05, 0.1) is 12.3 Å². The lowest BCUT2D eigenvalue weighted by Crippen LogP contribution is -2.51. The molecule has 33 heavy (non-hydrogen) atoms. The van der Waals surface area contributed by atoms with E-state index in [-0.39, 0.29) is 11.5 Å². The number of aromatic nitrogens is 2. The highest BCUT2D eigenvalue weighted by atomic mass is 35.5. The van der Waals surface area contributed by atoms with Gasteiger partial charge in [0.1, 0.15) is 11.8 Å². The summed E-state index contributed by atoms with van der Waals surface area (Å²) >= 11 is 5.98. The van der Waals surface area contributed by atoms with E-state index < -0.39 is 6.04 Å². The summed E-state index contributed by atoms with van der Waals surface area (Å²) in [6, 6.07) is 17.7. The Morgan fingerprint density at radius 2 is 1.67 bits per heavy atom. The fraction of sp³-hybridized carbons (Fsp3) is 0.320. The molecule has 1 fully saturated rings. The maximum absolute atomic E-state index is 13.2. The Balaban J connectivity index is 1.45. The van der Waals surface area contributed by atoms with E-state index in [0.717, 1.165) is 17.0 Å². The van der Waals surface area contributed by atoms with Gasteiger partial charge in [-0.15, -0.1) is 0 Å². The van der Waals surface area contributed by atoms with E-state index in [0.29, 0.717) is 43.5 Å². The monoisotopic (exact) mass is 466 g/mol. The smallest absolute Gasteiger partial charge is 0.267 e. The van der Waals surface area contributed by atoms with Crippen molar-refractivity contribution >= 4 is 23.2 Å². The van der Waals surface area contributed by atoms with Crippen LogP contribution in [0.15, 0.2) is 65.5 Å². The molecule has 172 valence electrons. The van der Waals surface area contributed by atoms with Crippen LogP contribution in [0.4, 0.5) is 5.69 Å². The highest BCUT2D eigenvalue weighted by Gasteiger charge is 2.27. The molecule has 3 aromatic rings. The molecule has 7 nitrogen and oxygen atoms in total. The fourth-order valence-corrected chi connectivity index (χ4v) is 4.08. The Bertz CT molecular complexity index is 1150. The molecule has 1 aromatic heterocycles. The minimum Gasteiger partial charge on any atom is -0.494 e. The second kappa shape index (κ2) is 10.1. The Morgan fingerprint density at radius 3 is 2.30 bits per heavy atom. The van der Waals surface area contributed by atoms with Crippen molar-refractivity contribution in [3.05, 3.63) is 76.0 Å². The Hall–Kier alpha value is -3.32. The molecule has 1 atom stereocenters. The van der Waals surface area contributed by atoms with Crippen molar-refractivity contribution in [3.63, 3.8) is 0 Å². The molecule has 2 heterocycles. The number of halogens is 1. The van der Waals surface area contributed by atoms with Crippen LogP contribution in [0.1, 0.15) is 19.9 Å². The lowest BCUT2D eigenvalue weighted by Gasteiger charge is -2.37. The van der Waals surface area contributed by atoms with Crippen molar-refractivity contribution in [1.29, 1.82) is 0 Å². The molecular weight excluding hydrogens is 440 g/mol. The van der Waals surface area contributed by atoms with Gasteiger partial charge < -0.3 is 14.5 Å². The first kappa shape index (κ1) is 22.9. The van der Waals surface area contributed by atoms with Crippen LogP contribution in [0.3, 0.4) is 0 Å². The lowest BCUT2D eigenvalue weighted by atomic mass is 10.1. The van der Waals surface area contributed by atoms with Crippen LogP contribution in [0.5, 0.6) is 5.75 Å². The normalized spacial score (nSPS) is 14.8. The van der Waals surface area contributed by atoms with Crippen LogP contribution in [0, 0.1) is 0 Å². The van der Waals surface area contributed by atoms with Crippen molar-refractivity contribution < 1.29 is 9.53 Å². The van der Waals surface area contributed by atoms with Crippen LogP contribution >= 0.6 is 11.6 Å². The average Bonchev–Trinajstić information content (AvgIpc) is 2.85. The number of hydrogen-bond acceptors (Lipinski definition) is 5. The molecule has 0 radical (unpaired) electrons. The number of carbonyl (C=O) groups excluding carboxylic acids is 1. The summed E-state index contributed by atoms with van der Waals surface area (Å²) < 4.78 is 6.76. The van der Waals surface area contributed by atoms with E-state index in [1.165, 1.54) is 10.7 Å². The van der Waals surface area contributed by atoms with Gasteiger partial charge in [0.15, 0.2) is 0 Å². The number of nitrogens with zero attached hydrogens (tertiary/aromatic N) is 4. The number of benzene rings is 2. The predicted octanol–water partition coefficient (Wildman–Crippen LogP) is 3.87. The molecule has 1 amide bonds. The van der Waals surface area contributed by atoms with Crippen LogP contribution in [0.2, 0.25) is 5.02 Å². The van der Waals surface area contributed by atoms with E-state index >= 15 is 0 Å². The van der Waals surface area contributed by atoms with E-state index in [1.54, 1.807) is 17.9 Å². The second-order valence-corrected chi connectivity index (χ2v) is 8.36. The molecule has 1 aliphatic heterocycles. The molecule has 0 bridgehead atoms. The zero-order chi connectivity index (χ0) is 23.4. The maximum Gasteiger partial charge on any atom is 0.267 e. The first-order valence-corrected chi connectivity index (χ1v) is 11.5. The van der Waals surface area contributed by atoms with Crippen molar-refractivity contribution in [2.45, 2.75) is 19.9 Å². The topological polar surface area (TPSA) is 67.7 Å². The Morgan fingerprint density at radius 1 is 1.00 bits per heavy atom. The summed E-state index contributed by atoms with van der Waals surface area (Å²) in [6.45, 7) is 6.85. The third-order valence-corrected chi connectivity index (χ3v) is 6.05. The first-order valence-electron chi connectivity index (χ1n) is 11.1. The van der Waals surface area contributed by atoms with Gasteiger partial charge in [0.2, 0.25) is 5.91 Å².